The van der Waals surface area contributed by atoms with Crippen molar-refractivity contribution in [3.63, 3.8) is 0 Å². The van der Waals surface area contributed by atoms with Gasteiger partial charge in [0, 0.05) is 42.7 Å². The SMILES string of the molecule is Cc1cnc(N=C2CCC(=NCCO)CC2)nc1-c1cc2c(o1)CCN(C(=O)CC#N)C2. The molecule has 166 valence electrons. The Morgan fingerprint density at radius 1 is 1.28 bits per heavy atom. The number of hydrogen-bond acceptors (Lipinski definition) is 8. The van der Waals surface area contributed by atoms with Gasteiger partial charge in [0.05, 0.1) is 19.2 Å². The van der Waals surface area contributed by atoms with Crippen molar-refractivity contribution in [3.8, 4) is 17.5 Å². The zero-order chi connectivity index (χ0) is 22.5. The van der Waals surface area contributed by atoms with Crippen LogP contribution in [0, 0.1) is 18.3 Å². The number of fused-ring (bicyclic) bond motifs is 1. The molecule has 0 aromatic carbocycles. The minimum atomic E-state index is -0.158. The Kier molecular flexibility index (Phi) is 6.71. The van der Waals surface area contributed by atoms with Gasteiger partial charge in [-0.1, -0.05) is 0 Å². The highest BCUT2D eigenvalue weighted by molar-refractivity contribution is 5.98. The molecule has 1 fully saturated rings. The number of carbonyl (C=O) groups is 1. The third-order valence-corrected chi connectivity index (χ3v) is 5.74. The van der Waals surface area contributed by atoms with Crippen LogP contribution >= 0.6 is 0 Å². The summed E-state index contributed by atoms with van der Waals surface area (Å²) in [4.78, 5) is 31.8. The molecule has 2 aromatic heterocycles. The van der Waals surface area contributed by atoms with Gasteiger partial charge in [-0.3, -0.25) is 9.79 Å². The van der Waals surface area contributed by atoms with E-state index in [9.17, 15) is 4.79 Å². The fourth-order valence-electron chi connectivity index (χ4n) is 4.02. The van der Waals surface area contributed by atoms with Gasteiger partial charge in [-0.25, -0.2) is 15.0 Å². The van der Waals surface area contributed by atoms with Gasteiger partial charge in [0.2, 0.25) is 11.9 Å². The maximum atomic E-state index is 12.1. The van der Waals surface area contributed by atoms with Crippen molar-refractivity contribution in [2.24, 2.45) is 9.98 Å². The number of furan rings is 1. The Hall–Kier alpha value is -3.38. The molecule has 2 aromatic rings. The van der Waals surface area contributed by atoms with Crippen LogP contribution in [-0.2, 0) is 17.8 Å². The van der Waals surface area contributed by atoms with E-state index in [1.54, 1.807) is 11.1 Å². The molecule has 1 amide bonds. The fraction of sp³-hybridized carbons (Fsp3) is 0.478. The summed E-state index contributed by atoms with van der Waals surface area (Å²) in [5.41, 5.74) is 4.72. The van der Waals surface area contributed by atoms with E-state index in [1.165, 1.54) is 0 Å². The molecule has 4 rings (SSSR count). The predicted molar refractivity (Wildman–Crippen MR) is 119 cm³/mol. The number of aryl methyl sites for hydroxylation is 1. The molecule has 1 N–H and O–H groups in total. The molecule has 0 radical (unpaired) electrons. The maximum absolute atomic E-state index is 12.1. The molecule has 0 saturated heterocycles. The molecule has 1 saturated carbocycles. The predicted octanol–water partition coefficient (Wildman–Crippen LogP) is 2.92. The summed E-state index contributed by atoms with van der Waals surface area (Å²) >= 11 is 0. The number of carbonyl (C=O) groups excluding carboxylic acids is 1. The molecule has 0 bridgehead atoms. The summed E-state index contributed by atoms with van der Waals surface area (Å²) in [5.74, 6) is 1.76. The zero-order valence-electron chi connectivity index (χ0n) is 18.2. The molecule has 3 heterocycles. The molecule has 1 aliphatic carbocycles. The van der Waals surface area contributed by atoms with Crippen LogP contribution in [0.25, 0.3) is 11.5 Å². The lowest BCUT2D eigenvalue weighted by atomic mass is 9.96. The molecule has 1 aliphatic heterocycles. The zero-order valence-corrected chi connectivity index (χ0v) is 18.2. The van der Waals surface area contributed by atoms with Crippen LogP contribution in [0.3, 0.4) is 0 Å². The first-order valence-corrected chi connectivity index (χ1v) is 10.9. The maximum Gasteiger partial charge on any atom is 0.249 e. The third kappa shape index (κ3) is 4.92. The lowest BCUT2D eigenvalue weighted by molar-refractivity contribution is -0.131. The lowest BCUT2D eigenvalue weighted by Gasteiger charge is -2.25. The van der Waals surface area contributed by atoms with E-state index in [1.807, 2.05) is 19.1 Å². The Balaban J connectivity index is 1.51. The van der Waals surface area contributed by atoms with Gasteiger partial charge < -0.3 is 14.4 Å². The number of aliphatic hydroxyl groups is 1. The quantitative estimate of drug-likeness (QED) is 0.770. The van der Waals surface area contributed by atoms with Crippen molar-refractivity contribution in [1.29, 1.82) is 5.26 Å². The highest BCUT2D eigenvalue weighted by Crippen LogP contribution is 2.31. The second-order valence-electron chi connectivity index (χ2n) is 8.01. The summed E-state index contributed by atoms with van der Waals surface area (Å²) in [5, 5.41) is 17.7. The van der Waals surface area contributed by atoms with Crippen LogP contribution < -0.4 is 0 Å². The summed E-state index contributed by atoms with van der Waals surface area (Å²) in [6.45, 7) is 3.46. The molecule has 32 heavy (non-hydrogen) atoms. The van der Waals surface area contributed by atoms with Crippen LogP contribution in [0.15, 0.2) is 26.7 Å². The van der Waals surface area contributed by atoms with Crippen molar-refractivity contribution < 1.29 is 14.3 Å². The lowest BCUT2D eigenvalue weighted by Crippen LogP contribution is -2.35. The van der Waals surface area contributed by atoms with E-state index in [0.717, 1.165) is 54.0 Å². The van der Waals surface area contributed by atoms with Crippen LogP contribution in [0.1, 0.15) is 49.0 Å². The molecule has 2 aliphatic rings. The van der Waals surface area contributed by atoms with E-state index in [2.05, 4.69) is 20.0 Å². The Labute approximate surface area is 186 Å². The van der Waals surface area contributed by atoms with E-state index < -0.39 is 0 Å². The largest absolute Gasteiger partial charge is 0.459 e. The van der Waals surface area contributed by atoms with Gasteiger partial charge in [-0.2, -0.15) is 5.26 Å². The average Bonchev–Trinajstić information content (AvgIpc) is 3.23. The first kappa shape index (κ1) is 21.8. The molecule has 0 spiro atoms. The highest BCUT2D eigenvalue weighted by atomic mass is 16.3. The fourth-order valence-corrected chi connectivity index (χ4v) is 4.02. The van der Waals surface area contributed by atoms with Crippen LogP contribution in [-0.4, -0.2) is 57.0 Å². The number of aliphatic imine (C=N–C) groups is 2. The number of amides is 1. The van der Waals surface area contributed by atoms with Gasteiger partial charge in [-0.05, 0) is 44.2 Å². The summed E-state index contributed by atoms with van der Waals surface area (Å²) in [7, 11) is 0. The molecule has 0 unspecified atom stereocenters. The minimum absolute atomic E-state index is 0.0782. The monoisotopic (exact) mass is 434 g/mol. The van der Waals surface area contributed by atoms with Crippen LogP contribution in [0.2, 0.25) is 0 Å². The van der Waals surface area contributed by atoms with E-state index in [-0.39, 0.29) is 18.9 Å². The molecular formula is C23H26N6O3. The van der Waals surface area contributed by atoms with Crippen LogP contribution in [0.5, 0.6) is 0 Å². The second-order valence-corrected chi connectivity index (χ2v) is 8.01. The van der Waals surface area contributed by atoms with Crippen molar-refractivity contribution in [1.82, 2.24) is 14.9 Å². The second kappa shape index (κ2) is 9.83. The number of rotatable bonds is 5. The van der Waals surface area contributed by atoms with Gasteiger partial charge in [-0.15, -0.1) is 0 Å². The van der Waals surface area contributed by atoms with E-state index in [4.69, 9.17) is 14.8 Å². The van der Waals surface area contributed by atoms with Gasteiger partial charge in [0.15, 0.2) is 5.76 Å². The summed E-state index contributed by atoms with van der Waals surface area (Å²) in [6.07, 6.45) is 5.60. The molecule has 9 heteroatoms. The first-order chi connectivity index (χ1) is 15.6. The van der Waals surface area contributed by atoms with Gasteiger partial charge >= 0.3 is 0 Å². The van der Waals surface area contributed by atoms with Gasteiger partial charge in [0.1, 0.15) is 17.9 Å². The van der Waals surface area contributed by atoms with Crippen molar-refractivity contribution in [2.45, 2.75) is 52.0 Å². The Morgan fingerprint density at radius 2 is 2.06 bits per heavy atom. The normalized spacial score (nSPS) is 15.8. The van der Waals surface area contributed by atoms with Crippen molar-refractivity contribution in [2.75, 3.05) is 19.7 Å². The standard InChI is InChI=1S/C23H26N6O3/c1-15-13-26-23(27-18-4-2-17(3-5-18)25-9-11-30)28-22(15)20-12-16-14-29(21(31)6-8-24)10-7-19(16)32-20/h12-13,30H,2-7,9-11,14H2,1H3. The third-order valence-electron chi connectivity index (χ3n) is 5.74. The Morgan fingerprint density at radius 3 is 2.81 bits per heavy atom. The highest BCUT2D eigenvalue weighted by Gasteiger charge is 2.25. The van der Waals surface area contributed by atoms with Crippen LogP contribution in [0.4, 0.5) is 5.95 Å². The van der Waals surface area contributed by atoms with E-state index in [0.29, 0.717) is 43.5 Å². The van der Waals surface area contributed by atoms with Crippen molar-refractivity contribution >= 4 is 23.3 Å². The van der Waals surface area contributed by atoms with Gasteiger partial charge in [0.25, 0.3) is 0 Å². The summed E-state index contributed by atoms with van der Waals surface area (Å²) < 4.78 is 6.08. The number of aliphatic hydroxyl groups excluding tert-OH is 1. The Bertz CT molecular complexity index is 1100. The smallest absolute Gasteiger partial charge is 0.249 e. The number of aromatic nitrogens is 2. The first-order valence-electron chi connectivity index (χ1n) is 10.9. The molecule has 9 nitrogen and oxygen atoms in total. The number of hydrogen-bond donors (Lipinski definition) is 1. The minimum Gasteiger partial charge on any atom is -0.459 e. The summed E-state index contributed by atoms with van der Waals surface area (Å²) in [6, 6.07) is 3.85. The average molecular weight is 435 g/mol. The number of nitrogens with zero attached hydrogens (tertiary/aromatic N) is 6. The van der Waals surface area contributed by atoms with E-state index >= 15 is 0 Å². The topological polar surface area (TPSA) is 128 Å². The molecule has 0 atom stereocenters. The van der Waals surface area contributed by atoms with Crippen molar-refractivity contribution in [3.05, 3.63) is 29.2 Å². The number of nitriles is 1. The molecular weight excluding hydrogens is 408 g/mol.